The summed E-state index contributed by atoms with van der Waals surface area (Å²) in [6, 6.07) is 11.3. The Morgan fingerprint density at radius 1 is 1.06 bits per heavy atom. The van der Waals surface area contributed by atoms with Crippen molar-refractivity contribution in [3.8, 4) is 11.3 Å². The molecule has 3 aromatic rings. The largest absolute Gasteiger partial charge is 0.416 e. The predicted molar refractivity (Wildman–Crippen MR) is 113 cm³/mol. The highest BCUT2D eigenvalue weighted by Gasteiger charge is 2.30. The van der Waals surface area contributed by atoms with E-state index in [1.807, 2.05) is 0 Å². The van der Waals surface area contributed by atoms with Crippen LogP contribution in [-0.4, -0.2) is 30.4 Å². The third kappa shape index (κ3) is 6.49. The summed E-state index contributed by atoms with van der Waals surface area (Å²) in [6.45, 7) is -0.0388. The van der Waals surface area contributed by atoms with E-state index in [1.165, 1.54) is 24.3 Å². The first kappa shape index (κ1) is 24.1. The van der Waals surface area contributed by atoms with Gasteiger partial charge in [-0.15, -0.1) is 0 Å². The van der Waals surface area contributed by atoms with Crippen LogP contribution in [0.15, 0.2) is 70.6 Å². The van der Waals surface area contributed by atoms with E-state index < -0.39 is 33.2 Å². The number of rotatable bonds is 7. The maximum Gasteiger partial charge on any atom is 0.416 e. The molecule has 12 heteroatoms. The van der Waals surface area contributed by atoms with Crippen molar-refractivity contribution in [3.63, 3.8) is 0 Å². The first-order valence-corrected chi connectivity index (χ1v) is 11.1. The van der Waals surface area contributed by atoms with Gasteiger partial charge in [0.25, 0.3) is 5.56 Å². The number of aromatic nitrogens is 2. The van der Waals surface area contributed by atoms with Gasteiger partial charge in [0.1, 0.15) is 6.54 Å². The van der Waals surface area contributed by atoms with Gasteiger partial charge in [0, 0.05) is 18.2 Å². The monoisotopic (exact) mass is 480 g/mol. The summed E-state index contributed by atoms with van der Waals surface area (Å²) in [5, 5.41) is 7.68. The lowest BCUT2D eigenvalue weighted by Gasteiger charge is -2.09. The molecule has 1 aromatic heterocycles. The summed E-state index contributed by atoms with van der Waals surface area (Å²) in [7, 11) is -3.77. The van der Waals surface area contributed by atoms with Crippen LogP contribution in [0.5, 0.6) is 0 Å². The highest BCUT2D eigenvalue weighted by molar-refractivity contribution is 7.89. The molecule has 174 valence electrons. The first-order chi connectivity index (χ1) is 15.4. The molecule has 0 radical (unpaired) electrons. The second kappa shape index (κ2) is 9.55. The van der Waals surface area contributed by atoms with Gasteiger partial charge in [-0.25, -0.2) is 18.5 Å². The van der Waals surface area contributed by atoms with Crippen LogP contribution in [0.2, 0.25) is 0 Å². The van der Waals surface area contributed by atoms with E-state index in [9.17, 15) is 31.2 Å². The number of nitrogens with two attached hydrogens (primary N) is 1. The lowest BCUT2D eigenvalue weighted by atomic mass is 10.1. The molecule has 0 atom stereocenters. The molecule has 3 N–H and O–H groups in total. The van der Waals surface area contributed by atoms with Crippen molar-refractivity contribution >= 4 is 15.9 Å². The van der Waals surface area contributed by atoms with Crippen molar-refractivity contribution in [3.05, 3.63) is 82.4 Å². The Kier molecular flexibility index (Phi) is 6.98. The van der Waals surface area contributed by atoms with Gasteiger partial charge in [-0.3, -0.25) is 14.2 Å². The lowest BCUT2D eigenvalue weighted by Crippen LogP contribution is -2.33. The molecular weight excluding hydrogens is 461 g/mol. The van der Waals surface area contributed by atoms with Crippen molar-refractivity contribution in [1.82, 2.24) is 14.9 Å². The number of halogens is 3. The Hall–Kier alpha value is -3.51. The van der Waals surface area contributed by atoms with Crippen molar-refractivity contribution in [1.29, 1.82) is 0 Å². The number of nitrogens with zero attached hydrogens (tertiary/aromatic N) is 2. The van der Waals surface area contributed by atoms with Gasteiger partial charge in [0.05, 0.1) is 22.5 Å². The Bertz CT molecular complexity index is 1300. The molecule has 0 fully saturated rings. The van der Waals surface area contributed by atoms with Gasteiger partial charge in [-0.05, 0) is 36.2 Å². The molecule has 0 aliphatic rings. The molecule has 0 aliphatic carbocycles. The van der Waals surface area contributed by atoms with Crippen molar-refractivity contribution in [2.24, 2.45) is 5.14 Å². The number of alkyl halides is 3. The maximum atomic E-state index is 12.7. The van der Waals surface area contributed by atoms with Crippen molar-refractivity contribution in [2.45, 2.75) is 24.0 Å². The molecule has 0 saturated carbocycles. The summed E-state index contributed by atoms with van der Waals surface area (Å²) >= 11 is 0. The van der Waals surface area contributed by atoms with Crippen molar-refractivity contribution in [2.75, 3.05) is 6.54 Å². The standard InChI is InChI=1S/C21H19F3N4O4S/c22-21(23,24)16-5-3-15(4-6-16)18-11-20(30)28(13-27-18)12-19(29)26-10-9-14-1-7-17(8-2-14)33(25,31)32/h1-8,11,13H,9-10,12H2,(H,26,29)(H2,25,31,32). The van der Waals surface area contributed by atoms with E-state index in [0.717, 1.165) is 34.7 Å². The number of sulfonamides is 1. The van der Waals surface area contributed by atoms with Gasteiger partial charge in [-0.2, -0.15) is 13.2 Å². The number of nitrogens with one attached hydrogen (secondary N) is 1. The molecular formula is C21H19F3N4O4S. The highest BCUT2D eigenvalue weighted by Crippen LogP contribution is 2.30. The highest BCUT2D eigenvalue weighted by atomic mass is 32.2. The van der Waals surface area contributed by atoms with Crippen LogP contribution in [-0.2, 0) is 34.0 Å². The van der Waals surface area contributed by atoms with Crippen LogP contribution < -0.4 is 16.0 Å². The molecule has 0 aliphatic heterocycles. The van der Waals surface area contributed by atoms with Gasteiger partial charge >= 0.3 is 6.18 Å². The topological polar surface area (TPSA) is 124 Å². The zero-order valence-electron chi connectivity index (χ0n) is 17.0. The zero-order valence-corrected chi connectivity index (χ0v) is 17.9. The Morgan fingerprint density at radius 3 is 2.24 bits per heavy atom. The fourth-order valence-corrected chi connectivity index (χ4v) is 3.45. The zero-order chi connectivity index (χ0) is 24.2. The minimum absolute atomic E-state index is 0.0121. The Labute approximate surface area is 186 Å². The molecule has 33 heavy (non-hydrogen) atoms. The molecule has 0 bridgehead atoms. The maximum absolute atomic E-state index is 12.7. The van der Waals surface area contributed by atoms with Crippen LogP contribution in [0.25, 0.3) is 11.3 Å². The van der Waals surface area contributed by atoms with Gasteiger partial charge < -0.3 is 5.32 Å². The summed E-state index contributed by atoms with van der Waals surface area (Å²) in [6.07, 6.45) is -2.88. The summed E-state index contributed by atoms with van der Waals surface area (Å²) in [4.78, 5) is 28.5. The van der Waals surface area contributed by atoms with Crippen LogP contribution in [0.4, 0.5) is 13.2 Å². The number of primary sulfonamides is 1. The second-order valence-corrected chi connectivity index (χ2v) is 8.67. The quantitative estimate of drug-likeness (QED) is 0.535. The van der Waals surface area contributed by atoms with Crippen LogP contribution in [0, 0.1) is 0 Å². The summed E-state index contributed by atoms with van der Waals surface area (Å²) in [5.74, 6) is -0.442. The van der Waals surface area contributed by atoms with Gasteiger partial charge in [0.2, 0.25) is 15.9 Å². The smallest absolute Gasteiger partial charge is 0.354 e. The average Bonchev–Trinajstić information content (AvgIpc) is 2.74. The molecule has 0 unspecified atom stereocenters. The fraction of sp³-hybridized carbons (Fsp3) is 0.190. The normalized spacial score (nSPS) is 11.9. The Balaban J connectivity index is 1.56. The third-order valence-corrected chi connectivity index (χ3v) is 5.62. The first-order valence-electron chi connectivity index (χ1n) is 9.56. The van der Waals surface area contributed by atoms with Gasteiger partial charge in [-0.1, -0.05) is 24.3 Å². The van der Waals surface area contributed by atoms with E-state index in [4.69, 9.17) is 5.14 Å². The summed E-state index contributed by atoms with van der Waals surface area (Å²) in [5.41, 5.74) is -0.0360. The number of hydrogen-bond donors (Lipinski definition) is 2. The SMILES string of the molecule is NS(=O)(=O)c1ccc(CCNC(=O)Cn2cnc(-c3ccc(C(F)(F)F)cc3)cc2=O)cc1. The average molecular weight is 480 g/mol. The fourth-order valence-electron chi connectivity index (χ4n) is 2.94. The third-order valence-electron chi connectivity index (χ3n) is 4.69. The molecule has 1 amide bonds. The number of hydrogen-bond acceptors (Lipinski definition) is 5. The van der Waals surface area contributed by atoms with Crippen LogP contribution in [0.3, 0.4) is 0 Å². The van der Waals surface area contributed by atoms with E-state index in [-0.39, 0.29) is 23.7 Å². The minimum atomic E-state index is -4.46. The molecule has 3 rings (SSSR count). The Morgan fingerprint density at radius 2 is 1.70 bits per heavy atom. The van der Waals surface area contributed by atoms with Crippen LogP contribution in [0.1, 0.15) is 11.1 Å². The number of carbonyl (C=O) groups excluding carboxylic acids is 1. The second-order valence-electron chi connectivity index (χ2n) is 7.10. The number of benzene rings is 2. The molecule has 8 nitrogen and oxygen atoms in total. The van der Waals surface area contributed by atoms with E-state index in [0.29, 0.717) is 12.0 Å². The van der Waals surface area contributed by atoms with Crippen LogP contribution >= 0.6 is 0 Å². The van der Waals surface area contributed by atoms with Crippen molar-refractivity contribution < 1.29 is 26.4 Å². The number of amides is 1. The number of carbonyl (C=O) groups is 1. The molecule has 0 spiro atoms. The van der Waals surface area contributed by atoms with E-state index >= 15 is 0 Å². The molecule has 1 heterocycles. The molecule has 2 aromatic carbocycles. The minimum Gasteiger partial charge on any atom is -0.354 e. The van der Waals surface area contributed by atoms with Gasteiger partial charge in [0.15, 0.2) is 0 Å². The summed E-state index contributed by atoms with van der Waals surface area (Å²) < 4.78 is 61.6. The van der Waals surface area contributed by atoms with E-state index in [1.54, 1.807) is 12.1 Å². The predicted octanol–water partition coefficient (Wildman–Crippen LogP) is 1.94. The molecule has 0 saturated heterocycles. The lowest BCUT2D eigenvalue weighted by molar-refractivity contribution is -0.137. The van der Waals surface area contributed by atoms with E-state index in [2.05, 4.69) is 10.3 Å².